The van der Waals surface area contributed by atoms with E-state index in [1.165, 1.54) is 9.80 Å². The molecule has 0 aromatic heterocycles. The van der Waals surface area contributed by atoms with Gasteiger partial charge in [-0.2, -0.15) is 26.3 Å². The van der Waals surface area contributed by atoms with E-state index >= 15 is 0 Å². The zero-order valence-electron chi connectivity index (χ0n) is 20.6. The predicted octanol–water partition coefficient (Wildman–Crippen LogP) is 5.71. The van der Waals surface area contributed by atoms with Crippen molar-refractivity contribution in [3.63, 3.8) is 0 Å². The zero-order valence-corrected chi connectivity index (χ0v) is 20.6. The molecule has 0 saturated carbocycles. The van der Waals surface area contributed by atoms with Gasteiger partial charge in [0.1, 0.15) is 11.3 Å². The van der Waals surface area contributed by atoms with Gasteiger partial charge in [0.2, 0.25) is 0 Å². The third kappa shape index (κ3) is 4.52. The standard InChI is InChI=1S/C24H30F6N2O4/c1-5-9-15-16-14-36-22(23(25,26)27,24(28,29)30)17(16)10-11-18(15)35-13-8-6-7-12-32-19(33)21(2,3)31(4)20(32)34/h10-11H,5-9,12-14H2,1-4H3. The second-order valence-corrected chi connectivity index (χ2v) is 9.55. The molecule has 0 bridgehead atoms. The lowest BCUT2D eigenvalue weighted by Gasteiger charge is -2.33. The summed E-state index contributed by atoms with van der Waals surface area (Å²) >= 11 is 0. The number of hydrogen-bond donors (Lipinski definition) is 0. The van der Waals surface area contributed by atoms with Crippen LogP contribution in [0.2, 0.25) is 0 Å². The van der Waals surface area contributed by atoms with Crippen LogP contribution in [0, 0.1) is 0 Å². The third-order valence-corrected chi connectivity index (χ3v) is 6.91. The van der Waals surface area contributed by atoms with Gasteiger partial charge >= 0.3 is 18.4 Å². The fourth-order valence-electron chi connectivity index (χ4n) is 4.62. The summed E-state index contributed by atoms with van der Waals surface area (Å²) in [5.41, 5.74) is -6.05. The summed E-state index contributed by atoms with van der Waals surface area (Å²) in [6, 6.07) is 1.57. The van der Waals surface area contributed by atoms with Gasteiger partial charge < -0.3 is 14.4 Å². The summed E-state index contributed by atoms with van der Waals surface area (Å²) in [5.74, 6) is -0.0442. The van der Waals surface area contributed by atoms with Crippen LogP contribution in [-0.4, -0.2) is 59.8 Å². The predicted molar refractivity (Wildman–Crippen MR) is 117 cm³/mol. The molecule has 6 nitrogen and oxygen atoms in total. The molecule has 2 aliphatic heterocycles. The van der Waals surface area contributed by atoms with Gasteiger partial charge in [-0.05, 0) is 51.2 Å². The lowest BCUT2D eigenvalue weighted by molar-refractivity contribution is -0.385. The van der Waals surface area contributed by atoms with E-state index in [0.29, 0.717) is 25.7 Å². The molecule has 0 unspecified atom stereocenters. The normalized spacial score (nSPS) is 19.3. The van der Waals surface area contributed by atoms with E-state index in [9.17, 15) is 35.9 Å². The van der Waals surface area contributed by atoms with Gasteiger partial charge in [0, 0.05) is 24.7 Å². The zero-order chi connectivity index (χ0) is 27.1. The fourth-order valence-corrected chi connectivity index (χ4v) is 4.62. The molecular weight excluding hydrogens is 494 g/mol. The van der Waals surface area contributed by atoms with Gasteiger partial charge in [-0.25, -0.2) is 4.79 Å². The molecule has 3 rings (SSSR count). The molecule has 0 spiro atoms. The minimum atomic E-state index is -5.68. The van der Waals surface area contributed by atoms with E-state index in [1.54, 1.807) is 27.8 Å². The largest absolute Gasteiger partial charge is 0.493 e. The average Bonchev–Trinajstić information content (AvgIpc) is 3.25. The van der Waals surface area contributed by atoms with Crippen LogP contribution in [0.15, 0.2) is 12.1 Å². The Kier molecular flexibility index (Phi) is 7.61. The lowest BCUT2D eigenvalue weighted by atomic mass is 9.87. The summed E-state index contributed by atoms with van der Waals surface area (Å²) in [5, 5.41) is 0. The van der Waals surface area contributed by atoms with E-state index in [0.717, 1.165) is 12.1 Å². The minimum Gasteiger partial charge on any atom is -0.493 e. The Labute approximate surface area is 205 Å². The molecule has 2 heterocycles. The molecule has 0 atom stereocenters. The number of alkyl halides is 6. The number of carbonyl (C=O) groups is 2. The molecule has 1 fully saturated rings. The topological polar surface area (TPSA) is 59.1 Å². The van der Waals surface area contributed by atoms with Crippen molar-refractivity contribution in [3.05, 3.63) is 28.8 Å². The average molecular weight is 525 g/mol. The smallest absolute Gasteiger partial charge is 0.430 e. The number of halogens is 6. The highest BCUT2D eigenvalue weighted by atomic mass is 19.4. The van der Waals surface area contributed by atoms with E-state index in [-0.39, 0.29) is 48.4 Å². The molecular formula is C24H30F6N2O4. The Bertz CT molecular complexity index is 992. The Hall–Kier alpha value is -2.50. The Morgan fingerprint density at radius 1 is 1.03 bits per heavy atom. The maximum Gasteiger partial charge on any atom is 0.430 e. The summed E-state index contributed by atoms with van der Waals surface area (Å²) in [6.07, 6.45) is -8.98. The number of imide groups is 1. The number of fused-ring (bicyclic) bond motifs is 1. The molecule has 0 N–H and O–H groups in total. The highest BCUT2D eigenvalue weighted by Gasteiger charge is 2.75. The first-order valence-corrected chi connectivity index (χ1v) is 11.8. The number of unbranched alkanes of at least 4 members (excludes halogenated alkanes) is 2. The summed E-state index contributed by atoms with van der Waals surface area (Å²) in [6.45, 7) is 4.71. The molecule has 0 aliphatic carbocycles. The van der Waals surface area contributed by atoms with Crippen molar-refractivity contribution in [3.8, 4) is 5.75 Å². The Balaban J connectivity index is 1.65. The number of nitrogens with zero attached hydrogens (tertiary/aromatic N) is 2. The maximum absolute atomic E-state index is 13.6. The van der Waals surface area contributed by atoms with Crippen LogP contribution in [0.4, 0.5) is 31.1 Å². The minimum absolute atomic E-state index is 0.137. The van der Waals surface area contributed by atoms with E-state index in [4.69, 9.17) is 4.74 Å². The summed E-state index contributed by atoms with van der Waals surface area (Å²) in [4.78, 5) is 27.2. The lowest BCUT2D eigenvalue weighted by Crippen LogP contribution is -2.53. The molecule has 36 heavy (non-hydrogen) atoms. The summed E-state index contributed by atoms with van der Waals surface area (Å²) < 4.78 is 92.0. The molecule has 1 aromatic carbocycles. The number of amides is 3. The van der Waals surface area contributed by atoms with Crippen molar-refractivity contribution in [1.29, 1.82) is 0 Å². The van der Waals surface area contributed by atoms with Crippen LogP contribution in [0.5, 0.6) is 5.75 Å². The van der Waals surface area contributed by atoms with Crippen molar-refractivity contribution in [1.82, 2.24) is 9.80 Å². The first kappa shape index (κ1) is 28.1. The number of urea groups is 1. The van der Waals surface area contributed by atoms with Gasteiger partial charge in [0.25, 0.3) is 11.5 Å². The number of benzene rings is 1. The van der Waals surface area contributed by atoms with Crippen LogP contribution in [0.25, 0.3) is 0 Å². The third-order valence-electron chi connectivity index (χ3n) is 6.91. The molecule has 12 heteroatoms. The van der Waals surface area contributed by atoms with Gasteiger partial charge in [0.15, 0.2) is 0 Å². The van der Waals surface area contributed by atoms with Crippen LogP contribution in [0.1, 0.15) is 63.1 Å². The van der Waals surface area contributed by atoms with Crippen molar-refractivity contribution in [2.75, 3.05) is 20.2 Å². The fraction of sp³-hybridized carbons (Fsp3) is 0.667. The molecule has 0 radical (unpaired) electrons. The van der Waals surface area contributed by atoms with E-state index in [1.807, 2.05) is 0 Å². The number of hydrogen-bond acceptors (Lipinski definition) is 4. The second-order valence-electron chi connectivity index (χ2n) is 9.55. The van der Waals surface area contributed by atoms with Crippen molar-refractivity contribution in [2.24, 2.45) is 0 Å². The van der Waals surface area contributed by atoms with Crippen molar-refractivity contribution < 1.29 is 45.4 Å². The molecule has 2 aliphatic rings. The number of carbonyl (C=O) groups excluding carboxylic acids is 2. The summed E-state index contributed by atoms with van der Waals surface area (Å²) in [7, 11) is 1.57. The van der Waals surface area contributed by atoms with Crippen LogP contribution < -0.4 is 4.74 Å². The van der Waals surface area contributed by atoms with E-state index < -0.39 is 35.7 Å². The first-order chi connectivity index (χ1) is 16.6. The molecule has 202 valence electrons. The number of likely N-dealkylation sites (N-methyl/N-ethyl adjacent to an activating group) is 1. The van der Waals surface area contributed by atoms with Gasteiger partial charge in [-0.3, -0.25) is 9.69 Å². The molecule has 3 amide bonds. The molecule has 1 saturated heterocycles. The highest BCUT2D eigenvalue weighted by Crippen LogP contribution is 2.58. The van der Waals surface area contributed by atoms with Gasteiger partial charge in [-0.15, -0.1) is 0 Å². The molecule has 1 aromatic rings. The van der Waals surface area contributed by atoms with Crippen LogP contribution >= 0.6 is 0 Å². The highest BCUT2D eigenvalue weighted by molar-refractivity contribution is 6.06. The Morgan fingerprint density at radius 2 is 1.67 bits per heavy atom. The van der Waals surface area contributed by atoms with Gasteiger partial charge in [-0.1, -0.05) is 19.4 Å². The van der Waals surface area contributed by atoms with Crippen LogP contribution in [0.3, 0.4) is 0 Å². The Morgan fingerprint density at radius 3 is 2.19 bits per heavy atom. The quantitative estimate of drug-likeness (QED) is 0.236. The van der Waals surface area contributed by atoms with E-state index in [2.05, 4.69) is 4.74 Å². The maximum atomic E-state index is 13.6. The van der Waals surface area contributed by atoms with Crippen molar-refractivity contribution >= 4 is 11.9 Å². The van der Waals surface area contributed by atoms with Crippen molar-refractivity contribution in [2.45, 2.75) is 83.0 Å². The first-order valence-electron chi connectivity index (χ1n) is 11.8. The van der Waals surface area contributed by atoms with Gasteiger partial charge in [0.05, 0.1) is 13.2 Å². The second kappa shape index (κ2) is 9.75. The number of ether oxygens (including phenoxy) is 2. The number of rotatable bonds is 9. The van der Waals surface area contributed by atoms with Crippen LogP contribution in [-0.2, 0) is 28.2 Å². The SMILES string of the molecule is CCCc1c(OCCCCCN2C(=O)N(C)C(C)(C)C2=O)ccc2c1COC2(C(F)(F)F)C(F)(F)F. The monoisotopic (exact) mass is 524 g/mol.